The van der Waals surface area contributed by atoms with E-state index in [1.807, 2.05) is 24.3 Å². The van der Waals surface area contributed by atoms with E-state index in [4.69, 9.17) is 39.9 Å². The normalized spacial score (nSPS) is 11.4. The number of rotatable bonds is 21. The van der Waals surface area contributed by atoms with E-state index >= 15 is 0 Å². The molecule has 0 aliphatic carbocycles. The summed E-state index contributed by atoms with van der Waals surface area (Å²) in [5, 5.41) is 4.44. The van der Waals surface area contributed by atoms with E-state index in [9.17, 15) is 0 Å². The SMILES string of the molecule is NCCCOCCOCCOc1ccc2ccccc2c1-c1c(OCCOCCOCCCN)ccc2ccccc12. The molecule has 4 N–H and O–H groups in total. The highest BCUT2D eigenvalue weighted by atomic mass is 16.5. The first-order valence-corrected chi connectivity index (χ1v) is 14.8. The van der Waals surface area contributed by atoms with Crippen molar-refractivity contribution in [2.75, 3.05) is 79.2 Å². The van der Waals surface area contributed by atoms with Crippen LogP contribution < -0.4 is 20.9 Å². The summed E-state index contributed by atoms with van der Waals surface area (Å²) >= 11 is 0. The molecule has 0 saturated carbocycles. The Kier molecular flexibility index (Phi) is 13.8. The molecule has 42 heavy (non-hydrogen) atoms. The Labute approximate surface area is 248 Å². The Morgan fingerprint density at radius 2 is 0.786 bits per heavy atom. The van der Waals surface area contributed by atoms with Crippen LogP contribution in [0.1, 0.15) is 12.8 Å². The highest BCUT2D eigenvalue weighted by Crippen LogP contribution is 2.45. The highest BCUT2D eigenvalue weighted by Gasteiger charge is 2.19. The average molecular weight is 577 g/mol. The molecule has 0 heterocycles. The van der Waals surface area contributed by atoms with Crippen LogP contribution in [0.2, 0.25) is 0 Å². The maximum Gasteiger partial charge on any atom is 0.128 e. The van der Waals surface area contributed by atoms with Crippen molar-refractivity contribution in [3.8, 4) is 22.6 Å². The molecule has 0 spiro atoms. The molecule has 4 aromatic carbocycles. The maximum atomic E-state index is 6.36. The molecule has 0 aliphatic heterocycles. The molecular formula is C34H44N2O6. The van der Waals surface area contributed by atoms with Gasteiger partial charge in [0.05, 0.1) is 39.6 Å². The Morgan fingerprint density at radius 1 is 0.405 bits per heavy atom. The number of benzene rings is 4. The van der Waals surface area contributed by atoms with E-state index in [2.05, 4.69) is 48.5 Å². The molecular weight excluding hydrogens is 532 g/mol. The zero-order valence-electron chi connectivity index (χ0n) is 24.4. The molecule has 0 aromatic heterocycles. The van der Waals surface area contributed by atoms with Crippen molar-refractivity contribution in [1.29, 1.82) is 0 Å². The largest absolute Gasteiger partial charge is 0.491 e. The predicted octanol–water partition coefficient (Wildman–Crippen LogP) is 5.18. The number of ether oxygens (including phenoxy) is 6. The van der Waals surface area contributed by atoms with Gasteiger partial charge in [-0.2, -0.15) is 0 Å². The third-order valence-corrected chi connectivity index (χ3v) is 6.73. The molecule has 4 rings (SSSR count). The molecule has 0 radical (unpaired) electrons. The van der Waals surface area contributed by atoms with Gasteiger partial charge in [-0.25, -0.2) is 0 Å². The average Bonchev–Trinajstić information content (AvgIpc) is 3.03. The first-order chi connectivity index (χ1) is 20.8. The van der Waals surface area contributed by atoms with Crippen molar-refractivity contribution < 1.29 is 28.4 Å². The molecule has 0 fully saturated rings. The van der Waals surface area contributed by atoms with Crippen LogP contribution >= 0.6 is 0 Å². The summed E-state index contributed by atoms with van der Waals surface area (Å²) in [7, 11) is 0. The molecule has 0 unspecified atom stereocenters. The van der Waals surface area contributed by atoms with Gasteiger partial charge in [0.2, 0.25) is 0 Å². The van der Waals surface area contributed by atoms with E-state index in [0.717, 1.165) is 57.0 Å². The Balaban J connectivity index is 1.51. The quantitative estimate of drug-likeness (QED) is 0.131. The monoisotopic (exact) mass is 576 g/mol. The minimum atomic E-state index is 0.413. The lowest BCUT2D eigenvalue weighted by atomic mass is 9.92. The second-order valence-electron chi connectivity index (χ2n) is 9.75. The molecule has 226 valence electrons. The number of nitrogens with two attached hydrogens (primary N) is 2. The third-order valence-electron chi connectivity index (χ3n) is 6.73. The smallest absolute Gasteiger partial charge is 0.128 e. The fraction of sp³-hybridized carbons (Fsp3) is 0.412. The molecule has 0 atom stereocenters. The fourth-order valence-corrected chi connectivity index (χ4v) is 4.70. The molecule has 0 aliphatic rings. The maximum absolute atomic E-state index is 6.36. The molecule has 8 nitrogen and oxygen atoms in total. The topological polar surface area (TPSA) is 107 Å². The van der Waals surface area contributed by atoms with Gasteiger partial charge < -0.3 is 39.9 Å². The standard InChI is InChI=1S/C34H44N2O6/c35-15-5-17-37-19-21-39-23-25-41-31-13-11-27-7-1-3-9-29(27)33(31)34-30-10-4-2-8-28(30)12-14-32(34)42-26-24-40-22-20-38-18-6-16-36/h1-4,7-14H,5-6,15-26,35-36H2. The highest BCUT2D eigenvalue weighted by molar-refractivity contribution is 6.09. The summed E-state index contributed by atoms with van der Waals surface area (Å²) in [6.07, 6.45) is 1.71. The zero-order chi connectivity index (χ0) is 29.2. The van der Waals surface area contributed by atoms with Crippen molar-refractivity contribution in [3.05, 3.63) is 72.8 Å². The summed E-state index contributed by atoms with van der Waals surface area (Å²) in [4.78, 5) is 0. The van der Waals surface area contributed by atoms with Crippen molar-refractivity contribution in [1.82, 2.24) is 0 Å². The van der Waals surface area contributed by atoms with Crippen LogP contribution in [0.5, 0.6) is 11.5 Å². The van der Waals surface area contributed by atoms with Gasteiger partial charge in [-0.15, -0.1) is 0 Å². The predicted molar refractivity (Wildman–Crippen MR) is 168 cm³/mol. The van der Waals surface area contributed by atoms with Crippen LogP contribution in [-0.4, -0.2) is 79.2 Å². The number of fused-ring (bicyclic) bond motifs is 2. The van der Waals surface area contributed by atoms with Crippen LogP contribution in [-0.2, 0) is 18.9 Å². The number of hydrogen-bond acceptors (Lipinski definition) is 8. The third kappa shape index (κ3) is 9.39. The Morgan fingerprint density at radius 3 is 1.21 bits per heavy atom. The van der Waals surface area contributed by atoms with E-state index in [-0.39, 0.29) is 0 Å². The Hall–Kier alpha value is -3.24. The van der Waals surface area contributed by atoms with E-state index < -0.39 is 0 Å². The lowest BCUT2D eigenvalue weighted by Gasteiger charge is -2.20. The van der Waals surface area contributed by atoms with E-state index in [1.54, 1.807) is 0 Å². The summed E-state index contributed by atoms with van der Waals surface area (Å²) in [5.74, 6) is 1.56. The minimum absolute atomic E-state index is 0.413. The van der Waals surface area contributed by atoms with Crippen molar-refractivity contribution >= 4 is 21.5 Å². The second kappa shape index (κ2) is 18.3. The zero-order valence-corrected chi connectivity index (χ0v) is 24.4. The lowest BCUT2D eigenvalue weighted by Crippen LogP contribution is -2.13. The van der Waals surface area contributed by atoms with Gasteiger partial charge in [-0.1, -0.05) is 60.7 Å². The van der Waals surface area contributed by atoms with Crippen LogP contribution in [0, 0.1) is 0 Å². The van der Waals surface area contributed by atoms with E-state index in [1.165, 1.54) is 0 Å². The fourth-order valence-electron chi connectivity index (χ4n) is 4.70. The molecule has 0 saturated heterocycles. The summed E-state index contributed by atoms with van der Waals surface area (Å²) in [6.45, 7) is 6.43. The van der Waals surface area contributed by atoms with Crippen LogP contribution in [0.15, 0.2) is 72.8 Å². The summed E-state index contributed by atoms with van der Waals surface area (Å²) in [5.41, 5.74) is 13.0. The van der Waals surface area contributed by atoms with Crippen molar-refractivity contribution in [3.63, 3.8) is 0 Å². The molecule has 8 heteroatoms. The van der Waals surface area contributed by atoms with Gasteiger partial charge in [0, 0.05) is 24.3 Å². The summed E-state index contributed by atoms with van der Waals surface area (Å²) < 4.78 is 35.2. The molecule has 4 aromatic rings. The van der Waals surface area contributed by atoms with Gasteiger partial charge in [0.1, 0.15) is 24.7 Å². The molecule has 0 bridgehead atoms. The van der Waals surface area contributed by atoms with E-state index in [0.29, 0.717) is 79.2 Å². The number of hydrogen-bond donors (Lipinski definition) is 2. The van der Waals surface area contributed by atoms with Crippen LogP contribution in [0.25, 0.3) is 32.7 Å². The van der Waals surface area contributed by atoms with Gasteiger partial charge in [-0.05, 0) is 59.6 Å². The van der Waals surface area contributed by atoms with Gasteiger partial charge in [-0.3, -0.25) is 0 Å². The Bertz CT molecular complexity index is 1250. The molecule has 0 amide bonds. The second-order valence-corrected chi connectivity index (χ2v) is 9.75. The van der Waals surface area contributed by atoms with Crippen molar-refractivity contribution in [2.24, 2.45) is 11.5 Å². The van der Waals surface area contributed by atoms with Gasteiger partial charge >= 0.3 is 0 Å². The van der Waals surface area contributed by atoms with Crippen molar-refractivity contribution in [2.45, 2.75) is 12.8 Å². The van der Waals surface area contributed by atoms with Crippen LogP contribution in [0.3, 0.4) is 0 Å². The van der Waals surface area contributed by atoms with Gasteiger partial charge in [0.15, 0.2) is 0 Å². The van der Waals surface area contributed by atoms with Gasteiger partial charge in [0.25, 0.3) is 0 Å². The first kappa shape index (κ1) is 31.7. The minimum Gasteiger partial charge on any atom is -0.491 e. The first-order valence-electron chi connectivity index (χ1n) is 14.8. The lowest BCUT2D eigenvalue weighted by molar-refractivity contribution is 0.0360. The summed E-state index contributed by atoms with van der Waals surface area (Å²) in [6, 6.07) is 25.0. The van der Waals surface area contributed by atoms with Crippen LogP contribution in [0.4, 0.5) is 0 Å².